The van der Waals surface area contributed by atoms with Gasteiger partial charge in [-0.05, 0) is 38.0 Å². The summed E-state index contributed by atoms with van der Waals surface area (Å²) in [4.78, 5) is 38.5. The minimum Gasteiger partial charge on any atom is -0.348 e. The Balaban J connectivity index is 1.75. The molecule has 2 saturated heterocycles. The van der Waals surface area contributed by atoms with Gasteiger partial charge in [-0.25, -0.2) is 21.6 Å². The van der Waals surface area contributed by atoms with Crippen molar-refractivity contribution in [2.75, 3.05) is 24.3 Å². The number of nitrogens with zero attached hydrogens (tertiary/aromatic N) is 1. The predicted octanol–water partition coefficient (Wildman–Crippen LogP) is -0.449. The summed E-state index contributed by atoms with van der Waals surface area (Å²) in [7, 11) is -6.65. The number of nitrogens with one attached hydrogen (secondary N) is 2. The van der Waals surface area contributed by atoms with Crippen LogP contribution in [0.2, 0.25) is 0 Å². The molecule has 12 heteroatoms. The van der Waals surface area contributed by atoms with Gasteiger partial charge in [0.05, 0.1) is 21.9 Å². The number of sulfone groups is 2. The number of urea groups is 1. The highest BCUT2D eigenvalue weighted by molar-refractivity contribution is 7.91. The monoisotopic (exact) mass is 457 g/mol. The van der Waals surface area contributed by atoms with E-state index in [2.05, 4.69) is 10.6 Å². The fourth-order valence-electron chi connectivity index (χ4n) is 3.70. The van der Waals surface area contributed by atoms with Gasteiger partial charge in [-0.2, -0.15) is 0 Å². The van der Waals surface area contributed by atoms with E-state index in [-0.39, 0.29) is 22.8 Å². The molecule has 0 aliphatic carbocycles. The van der Waals surface area contributed by atoms with Crippen molar-refractivity contribution in [3.8, 4) is 0 Å². The van der Waals surface area contributed by atoms with Gasteiger partial charge >= 0.3 is 6.03 Å². The van der Waals surface area contributed by atoms with Crippen LogP contribution in [-0.2, 0) is 34.8 Å². The second-order valence-corrected chi connectivity index (χ2v) is 12.4. The molecule has 0 spiro atoms. The molecule has 2 aliphatic heterocycles. The largest absolute Gasteiger partial charge is 0.348 e. The highest BCUT2D eigenvalue weighted by Crippen LogP contribution is 2.30. The average molecular weight is 458 g/mol. The first-order chi connectivity index (χ1) is 13.7. The molecule has 0 saturated carbocycles. The molecule has 0 unspecified atom stereocenters. The van der Waals surface area contributed by atoms with Crippen molar-refractivity contribution in [1.82, 2.24) is 15.5 Å². The number of imide groups is 1. The lowest BCUT2D eigenvalue weighted by molar-refractivity contribution is -0.135. The lowest BCUT2D eigenvalue weighted by Crippen LogP contribution is -2.51. The van der Waals surface area contributed by atoms with E-state index < -0.39 is 55.1 Å². The molecule has 164 valence electrons. The SMILES string of the molecule is C[C@@]1(NC(=O)CN2C(=O)N[C@@](C)(c3ccc(S(C)(=O)=O)cc3)C2=O)CCS(=O)(=O)C1. The van der Waals surface area contributed by atoms with E-state index in [1.165, 1.54) is 31.2 Å². The summed E-state index contributed by atoms with van der Waals surface area (Å²) in [6, 6.07) is 4.78. The van der Waals surface area contributed by atoms with Crippen LogP contribution in [0.4, 0.5) is 4.79 Å². The Kier molecular flexibility index (Phi) is 5.22. The number of benzene rings is 1. The summed E-state index contributed by atoms with van der Waals surface area (Å²) in [5, 5.41) is 5.15. The van der Waals surface area contributed by atoms with E-state index in [1.807, 2.05) is 0 Å². The van der Waals surface area contributed by atoms with Crippen LogP contribution in [0.3, 0.4) is 0 Å². The van der Waals surface area contributed by atoms with Gasteiger partial charge in [0.1, 0.15) is 12.1 Å². The van der Waals surface area contributed by atoms with Gasteiger partial charge < -0.3 is 10.6 Å². The smallest absolute Gasteiger partial charge is 0.325 e. The van der Waals surface area contributed by atoms with Crippen LogP contribution in [0.5, 0.6) is 0 Å². The molecule has 1 aromatic rings. The number of carbonyl (C=O) groups excluding carboxylic acids is 3. The van der Waals surface area contributed by atoms with Crippen molar-refractivity contribution in [1.29, 1.82) is 0 Å². The molecule has 0 bridgehead atoms. The maximum atomic E-state index is 12.9. The Labute approximate surface area is 174 Å². The molecule has 0 radical (unpaired) electrons. The molecular formula is C18H23N3O7S2. The molecule has 2 heterocycles. The second-order valence-electron chi connectivity index (χ2n) is 8.19. The van der Waals surface area contributed by atoms with Gasteiger partial charge in [-0.1, -0.05) is 12.1 Å². The molecular weight excluding hydrogens is 434 g/mol. The molecule has 4 amide bonds. The fraction of sp³-hybridized carbons (Fsp3) is 0.500. The topological polar surface area (TPSA) is 147 Å². The quantitative estimate of drug-likeness (QED) is 0.569. The first-order valence-electron chi connectivity index (χ1n) is 9.11. The zero-order chi connectivity index (χ0) is 22.5. The number of hydrogen-bond donors (Lipinski definition) is 2. The fourth-order valence-corrected chi connectivity index (χ4v) is 6.42. The van der Waals surface area contributed by atoms with Crippen LogP contribution in [0, 0.1) is 0 Å². The van der Waals surface area contributed by atoms with Gasteiger partial charge in [0.25, 0.3) is 5.91 Å². The van der Waals surface area contributed by atoms with Crippen molar-refractivity contribution in [3.63, 3.8) is 0 Å². The van der Waals surface area contributed by atoms with Crippen molar-refractivity contribution < 1.29 is 31.2 Å². The maximum absolute atomic E-state index is 12.9. The second kappa shape index (κ2) is 7.05. The Hall–Kier alpha value is -2.47. The lowest BCUT2D eigenvalue weighted by atomic mass is 9.92. The average Bonchev–Trinajstić information content (AvgIpc) is 3.01. The van der Waals surface area contributed by atoms with Gasteiger partial charge in [-0.15, -0.1) is 0 Å². The molecule has 3 rings (SSSR count). The van der Waals surface area contributed by atoms with Crippen molar-refractivity contribution >= 4 is 37.5 Å². The number of hydrogen-bond acceptors (Lipinski definition) is 7. The minimum atomic E-state index is -3.42. The van der Waals surface area contributed by atoms with Gasteiger partial charge in [0.15, 0.2) is 19.7 Å². The molecule has 2 aliphatic rings. The molecule has 30 heavy (non-hydrogen) atoms. The zero-order valence-electron chi connectivity index (χ0n) is 16.8. The molecule has 1 aromatic carbocycles. The van der Waals surface area contributed by atoms with E-state index in [4.69, 9.17) is 0 Å². The Morgan fingerprint density at radius 2 is 1.80 bits per heavy atom. The third-order valence-electron chi connectivity index (χ3n) is 5.38. The predicted molar refractivity (Wildman–Crippen MR) is 107 cm³/mol. The summed E-state index contributed by atoms with van der Waals surface area (Å²) in [6.07, 6.45) is 1.31. The zero-order valence-corrected chi connectivity index (χ0v) is 18.4. The Bertz CT molecular complexity index is 1130. The maximum Gasteiger partial charge on any atom is 0.325 e. The molecule has 2 fully saturated rings. The number of rotatable bonds is 5. The Morgan fingerprint density at radius 1 is 1.20 bits per heavy atom. The van der Waals surface area contributed by atoms with Crippen molar-refractivity contribution in [3.05, 3.63) is 29.8 Å². The summed E-state index contributed by atoms with van der Waals surface area (Å²) < 4.78 is 46.6. The van der Waals surface area contributed by atoms with Crippen LogP contribution in [0.1, 0.15) is 25.8 Å². The molecule has 2 N–H and O–H groups in total. The van der Waals surface area contributed by atoms with Crippen molar-refractivity contribution in [2.45, 2.75) is 36.2 Å². The minimum absolute atomic E-state index is 0.0333. The molecule has 10 nitrogen and oxygen atoms in total. The van der Waals surface area contributed by atoms with E-state index >= 15 is 0 Å². The normalized spacial score (nSPS) is 28.4. The van der Waals surface area contributed by atoms with Crippen molar-refractivity contribution in [2.24, 2.45) is 0 Å². The van der Waals surface area contributed by atoms with E-state index in [0.717, 1.165) is 11.2 Å². The number of carbonyl (C=O) groups is 3. The first-order valence-corrected chi connectivity index (χ1v) is 12.8. The van der Waals surface area contributed by atoms with E-state index in [1.54, 1.807) is 6.92 Å². The van der Waals surface area contributed by atoms with E-state index in [9.17, 15) is 31.2 Å². The summed E-state index contributed by atoms with van der Waals surface area (Å²) in [5.74, 6) is -1.54. The molecule has 0 aromatic heterocycles. The standard InChI is InChI=1S/C18H23N3O7S2/c1-17(8-9-30(27,28)11-17)19-14(22)10-21-15(23)18(2,20-16(21)24)12-4-6-13(7-5-12)29(3,25)26/h4-7H,8-11H2,1-3H3,(H,19,22)(H,20,24)/t17-,18+/m1/s1. The Morgan fingerprint density at radius 3 is 2.30 bits per heavy atom. The summed E-state index contributed by atoms with van der Waals surface area (Å²) >= 11 is 0. The van der Waals surface area contributed by atoms with Crippen LogP contribution in [-0.4, -0.2) is 69.4 Å². The first kappa shape index (κ1) is 22.2. The summed E-state index contributed by atoms with van der Waals surface area (Å²) in [6.45, 7) is 2.51. The van der Waals surface area contributed by atoms with Crippen LogP contribution >= 0.6 is 0 Å². The highest BCUT2D eigenvalue weighted by Gasteiger charge is 2.50. The number of amides is 4. The molecule has 2 atom stereocenters. The highest BCUT2D eigenvalue weighted by atomic mass is 32.2. The van der Waals surface area contributed by atoms with Gasteiger partial charge in [-0.3, -0.25) is 14.5 Å². The van der Waals surface area contributed by atoms with Gasteiger partial charge in [0.2, 0.25) is 5.91 Å². The van der Waals surface area contributed by atoms with E-state index in [0.29, 0.717) is 5.56 Å². The van der Waals surface area contributed by atoms with Crippen LogP contribution < -0.4 is 10.6 Å². The van der Waals surface area contributed by atoms with Crippen LogP contribution in [0.25, 0.3) is 0 Å². The third kappa shape index (κ3) is 4.19. The van der Waals surface area contributed by atoms with Gasteiger partial charge in [0, 0.05) is 6.26 Å². The van der Waals surface area contributed by atoms with Crippen LogP contribution in [0.15, 0.2) is 29.2 Å². The third-order valence-corrected chi connectivity index (χ3v) is 8.41. The lowest BCUT2D eigenvalue weighted by Gasteiger charge is -2.25. The summed E-state index contributed by atoms with van der Waals surface area (Å²) in [5.41, 5.74) is -2.04.